The van der Waals surface area contributed by atoms with Crippen LogP contribution in [0, 0.1) is 0 Å². The summed E-state index contributed by atoms with van der Waals surface area (Å²) in [6, 6.07) is 4.67. The van der Waals surface area contributed by atoms with Crippen molar-refractivity contribution in [1.29, 1.82) is 0 Å². The van der Waals surface area contributed by atoms with Crippen molar-refractivity contribution in [2.75, 3.05) is 13.7 Å². The van der Waals surface area contributed by atoms with Gasteiger partial charge in [0.05, 0.1) is 7.11 Å². The van der Waals surface area contributed by atoms with Crippen molar-refractivity contribution in [1.82, 2.24) is 5.32 Å². The number of rotatable bonds is 5. The van der Waals surface area contributed by atoms with E-state index in [1.165, 1.54) is 13.2 Å². The Morgan fingerprint density at radius 2 is 1.95 bits per heavy atom. The Labute approximate surface area is 135 Å². The molecule has 0 aromatic heterocycles. The van der Waals surface area contributed by atoms with Crippen molar-refractivity contribution in [2.24, 2.45) is 0 Å². The summed E-state index contributed by atoms with van der Waals surface area (Å²) in [7, 11) is 1.47. The number of ether oxygens (including phenoxy) is 2. The third kappa shape index (κ3) is 6.09. The van der Waals surface area contributed by atoms with Crippen LogP contribution < -0.4 is 10.1 Å². The van der Waals surface area contributed by atoms with E-state index in [2.05, 4.69) is 5.32 Å². The first kappa shape index (κ1) is 18.5. The number of halogens is 1. The summed E-state index contributed by atoms with van der Waals surface area (Å²) in [5.74, 6) is 0.467. The molecule has 0 aliphatic rings. The zero-order valence-corrected chi connectivity index (χ0v) is 13.8. The fourth-order valence-corrected chi connectivity index (χ4v) is 1.94. The molecule has 0 saturated carbocycles. The first-order valence-electron chi connectivity index (χ1n) is 6.80. The van der Waals surface area contributed by atoms with Gasteiger partial charge < -0.3 is 25.0 Å². The average molecular weight is 332 g/mol. The van der Waals surface area contributed by atoms with Crippen molar-refractivity contribution >= 4 is 17.7 Å². The van der Waals surface area contributed by atoms with Crippen LogP contribution in [0.1, 0.15) is 32.4 Å². The Morgan fingerprint density at radius 1 is 1.32 bits per heavy atom. The van der Waals surface area contributed by atoms with Crippen LogP contribution in [0.3, 0.4) is 0 Å². The molecule has 0 aliphatic heterocycles. The number of amides is 1. The lowest BCUT2D eigenvalue weighted by Gasteiger charge is -2.22. The van der Waals surface area contributed by atoms with Crippen LogP contribution in [0.2, 0.25) is 5.02 Å². The highest BCUT2D eigenvalue weighted by atomic mass is 35.5. The molecular weight excluding hydrogens is 310 g/mol. The van der Waals surface area contributed by atoms with E-state index >= 15 is 0 Å². The molecule has 0 bridgehead atoms. The Balaban J connectivity index is 2.63. The van der Waals surface area contributed by atoms with Crippen molar-refractivity contribution in [3.63, 3.8) is 0 Å². The Hall–Kier alpha value is -1.50. The molecule has 1 rings (SSSR count). The van der Waals surface area contributed by atoms with Gasteiger partial charge in [0.2, 0.25) is 0 Å². The number of hydrogen-bond acceptors (Lipinski definition) is 5. The van der Waals surface area contributed by atoms with E-state index in [9.17, 15) is 15.0 Å². The van der Waals surface area contributed by atoms with Crippen LogP contribution in [0.15, 0.2) is 18.2 Å². The third-order valence-corrected chi connectivity index (χ3v) is 2.91. The van der Waals surface area contributed by atoms with E-state index < -0.39 is 23.9 Å². The normalized spacial score (nSPS) is 14.1. The highest BCUT2D eigenvalue weighted by Crippen LogP contribution is 2.26. The highest BCUT2D eigenvalue weighted by molar-refractivity contribution is 6.30. The van der Waals surface area contributed by atoms with Crippen LogP contribution in [0.5, 0.6) is 5.75 Å². The minimum atomic E-state index is -1.22. The van der Waals surface area contributed by atoms with Gasteiger partial charge in [-0.25, -0.2) is 4.79 Å². The average Bonchev–Trinajstić information content (AvgIpc) is 2.41. The first-order chi connectivity index (χ1) is 10.1. The predicted molar refractivity (Wildman–Crippen MR) is 83.2 cm³/mol. The molecule has 22 heavy (non-hydrogen) atoms. The van der Waals surface area contributed by atoms with E-state index in [1.54, 1.807) is 32.9 Å². The van der Waals surface area contributed by atoms with Crippen LogP contribution >= 0.6 is 11.6 Å². The standard InChI is InChI=1S/C15H22ClNO5/c1-15(2,3)22-14(20)17-8-12(18)13(19)9-5-10(16)7-11(6-9)21-4/h5-7,12-13,18-19H,8H2,1-4H3,(H,17,20). The fourth-order valence-electron chi connectivity index (χ4n) is 1.71. The maximum atomic E-state index is 11.5. The maximum Gasteiger partial charge on any atom is 0.407 e. The third-order valence-electron chi connectivity index (χ3n) is 2.69. The monoisotopic (exact) mass is 331 g/mol. The zero-order chi connectivity index (χ0) is 16.9. The number of alkyl carbamates (subject to hydrolysis) is 1. The van der Waals surface area contributed by atoms with Crippen LogP contribution in [-0.4, -0.2) is 41.7 Å². The number of carbonyl (C=O) groups excluding carboxylic acids is 1. The van der Waals surface area contributed by atoms with Crippen molar-refractivity contribution in [2.45, 2.75) is 38.6 Å². The molecule has 1 aromatic rings. The van der Waals surface area contributed by atoms with E-state index in [4.69, 9.17) is 21.1 Å². The van der Waals surface area contributed by atoms with Gasteiger partial charge in [0.15, 0.2) is 0 Å². The number of aliphatic hydroxyl groups is 2. The molecule has 7 heteroatoms. The van der Waals surface area contributed by atoms with Gasteiger partial charge >= 0.3 is 6.09 Å². The summed E-state index contributed by atoms with van der Waals surface area (Å²) in [5, 5.41) is 22.9. The molecule has 0 fully saturated rings. The minimum Gasteiger partial charge on any atom is -0.497 e. The molecule has 0 spiro atoms. The van der Waals surface area contributed by atoms with Gasteiger partial charge in [-0.3, -0.25) is 0 Å². The van der Waals surface area contributed by atoms with E-state index in [0.29, 0.717) is 16.3 Å². The summed E-state index contributed by atoms with van der Waals surface area (Å²) in [6.45, 7) is 5.03. The summed E-state index contributed by atoms with van der Waals surface area (Å²) in [4.78, 5) is 11.5. The SMILES string of the molecule is COc1cc(Cl)cc(C(O)C(O)CNC(=O)OC(C)(C)C)c1. The summed E-state index contributed by atoms with van der Waals surface area (Å²) < 4.78 is 10.1. The minimum absolute atomic E-state index is 0.162. The van der Waals surface area contributed by atoms with Crippen LogP contribution in [0.4, 0.5) is 4.79 Å². The van der Waals surface area contributed by atoms with Gasteiger partial charge in [-0.2, -0.15) is 0 Å². The summed E-state index contributed by atoms with van der Waals surface area (Å²) in [6.07, 6.45) is -3.10. The Kier molecular flexibility index (Phi) is 6.47. The van der Waals surface area contributed by atoms with Crippen LogP contribution in [-0.2, 0) is 4.74 Å². The number of nitrogens with one attached hydrogen (secondary N) is 1. The van der Waals surface area contributed by atoms with Crippen molar-refractivity contribution in [3.05, 3.63) is 28.8 Å². The molecule has 0 saturated heterocycles. The number of methoxy groups -OCH3 is 1. The second-order valence-corrected chi connectivity index (χ2v) is 6.26. The molecule has 3 N–H and O–H groups in total. The van der Waals surface area contributed by atoms with Crippen molar-refractivity contribution < 1.29 is 24.5 Å². The molecule has 124 valence electrons. The topological polar surface area (TPSA) is 88.0 Å². The predicted octanol–water partition coefficient (Wildman–Crippen LogP) is 2.27. The number of benzene rings is 1. The molecule has 6 nitrogen and oxygen atoms in total. The Bertz CT molecular complexity index is 515. The lowest BCUT2D eigenvalue weighted by molar-refractivity contribution is 0.0128. The van der Waals surface area contributed by atoms with Gasteiger partial charge in [0, 0.05) is 11.6 Å². The molecule has 2 atom stereocenters. The lowest BCUT2D eigenvalue weighted by Crippen LogP contribution is -2.38. The lowest BCUT2D eigenvalue weighted by atomic mass is 10.0. The van der Waals surface area contributed by atoms with Gasteiger partial charge in [-0.15, -0.1) is 0 Å². The second kappa shape index (κ2) is 7.67. The number of hydrogen-bond donors (Lipinski definition) is 3. The molecule has 1 aromatic carbocycles. The molecule has 2 unspecified atom stereocenters. The maximum absolute atomic E-state index is 11.5. The summed E-state index contributed by atoms with van der Waals surface area (Å²) >= 11 is 5.92. The van der Waals surface area contributed by atoms with Gasteiger partial charge in [0.1, 0.15) is 23.6 Å². The highest BCUT2D eigenvalue weighted by Gasteiger charge is 2.22. The molecule has 0 radical (unpaired) electrons. The zero-order valence-electron chi connectivity index (χ0n) is 13.1. The largest absolute Gasteiger partial charge is 0.497 e. The first-order valence-corrected chi connectivity index (χ1v) is 7.17. The van der Waals surface area contributed by atoms with Gasteiger partial charge in [0.25, 0.3) is 0 Å². The van der Waals surface area contributed by atoms with E-state index in [0.717, 1.165) is 0 Å². The Morgan fingerprint density at radius 3 is 2.50 bits per heavy atom. The quantitative estimate of drug-likeness (QED) is 0.770. The van der Waals surface area contributed by atoms with Crippen LogP contribution in [0.25, 0.3) is 0 Å². The molecule has 0 heterocycles. The van der Waals surface area contributed by atoms with Crippen molar-refractivity contribution in [3.8, 4) is 5.75 Å². The number of aliphatic hydroxyl groups excluding tert-OH is 2. The van der Waals surface area contributed by atoms with Gasteiger partial charge in [-0.05, 0) is 44.5 Å². The molecular formula is C15H22ClNO5. The molecule has 0 aliphatic carbocycles. The molecule has 1 amide bonds. The van der Waals surface area contributed by atoms with E-state index in [1.807, 2.05) is 0 Å². The smallest absolute Gasteiger partial charge is 0.407 e. The number of carbonyl (C=O) groups is 1. The second-order valence-electron chi connectivity index (χ2n) is 5.82. The van der Waals surface area contributed by atoms with Gasteiger partial charge in [-0.1, -0.05) is 11.6 Å². The van der Waals surface area contributed by atoms with E-state index in [-0.39, 0.29) is 6.54 Å². The fraction of sp³-hybridized carbons (Fsp3) is 0.533. The summed E-state index contributed by atoms with van der Waals surface area (Å²) in [5.41, 5.74) is -0.239.